The second kappa shape index (κ2) is 12.3. The number of carbonyl (C=O) groups is 1. The first kappa shape index (κ1) is 27.6. The van der Waals surface area contributed by atoms with E-state index in [1.54, 1.807) is 18.2 Å². The highest BCUT2D eigenvalue weighted by Gasteiger charge is 2.18. The van der Waals surface area contributed by atoms with Crippen LogP contribution in [0.25, 0.3) is 6.08 Å². The summed E-state index contributed by atoms with van der Waals surface area (Å²) in [5.41, 5.74) is 2.41. The fraction of sp³-hybridized carbons (Fsp3) is 0.280. The van der Waals surface area contributed by atoms with Gasteiger partial charge in [0.15, 0.2) is 11.5 Å². The minimum Gasteiger partial charge on any atom is -0.490 e. The fourth-order valence-corrected chi connectivity index (χ4v) is 4.65. The molecule has 1 amide bonds. The average Bonchev–Trinajstić information content (AvgIpc) is 3.32. The van der Waals surface area contributed by atoms with Crippen molar-refractivity contribution in [3.8, 4) is 23.3 Å². The third-order valence-electron chi connectivity index (χ3n) is 4.90. The van der Waals surface area contributed by atoms with Crippen molar-refractivity contribution in [3.63, 3.8) is 0 Å². The molecule has 1 aromatic heterocycles. The van der Waals surface area contributed by atoms with Crippen LogP contribution in [0.3, 0.4) is 0 Å². The van der Waals surface area contributed by atoms with Crippen LogP contribution in [0.2, 0.25) is 0 Å². The molecule has 0 saturated heterocycles. The number of sulfone groups is 1. The van der Waals surface area contributed by atoms with Gasteiger partial charge in [0.25, 0.3) is 11.1 Å². The summed E-state index contributed by atoms with van der Waals surface area (Å²) in [7, 11) is -3.61. The lowest BCUT2D eigenvalue weighted by Gasteiger charge is -2.15. The summed E-state index contributed by atoms with van der Waals surface area (Å²) in [6.45, 7) is 6.81. The Balaban J connectivity index is 1.69. The summed E-state index contributed by atoms with van der Waals surface area (Å²) in [6.07, 6.45) is 2.34. The van der Waals surface area contributed by atoms with Crippen molar-refractivity contribution < 1.29 is 27.4 Å². The molecule has 194 valence electrons. The molecule has 10 nitrogen and oxygen atoms in total. The van der Waals surface area contributed by atoms with Crippen LogP contribution in [0, 0.1) is 25.2 Å². The van der Waals surface area contributed by atoms with E-state index in [0.29, 0.717) is 41.8 Å². The number of anilines is 1. The highest BCUT2D eigenvalue weighted by molar-refractivity contribution is 7.90. The lowest BCUT2D eigenvalue weighted by atomic mass is 10.1. The maximum Gasteiger partial charge on any atom is 0.268 e. The first-order chi connectivity index (χ1) is 17.6. The van der Waals surface area contributed by atoms with E-state index in [2.05, 4.69) is 14.7 Å². The number of carbonyl (C=O) groups excluding carboxylic acids is 1. The van der Waals surface area contributed by atoms with Crippen molar-refractivity contribution in [2.24, 2.45) is 0 Å². The molecule has 0 atom stereocenters. The molecule has 12 heteroatoms. The minimum absolute atomic E-state index is 0.0339. The van der Waals surface area contributed by atoms with Crippen molar-refractivity contribution in [3.05, 3.63) is 58.7 Å². The number of nitrogens with one attached hydrogen (secondary N) is 1. The maximum atomic E-state index is 12.5. The molecule has 0 radical (unpaired) electrons. The summed E-state index contributed by atoms with van der Waals surface area (Å²) in [6, 6.07) is 12.8. The number of aromatic nitrogens is 2. The topological polar surface area (TPSA) is 140 Å². The van der Waals surface area contributed by atoms with Crippen LogP contribution < -0.4 is 19.5 Å². The van der Waals surface area contributed by atoms with Crippen molar-refractivity contribution in [2.45, 2.75) is 25.9 Å². The fourth-order valence-electron chi connectivity index (χ4n) is 3.22. The lowest BCUT2D eigenvalue weighted by molar-refractivity contribution is -0.112. The molecule has 3 aromatic rings. The molecule has 0 aliphatic heterocycles. The van der Waals surface area contributed by atoms with Gasteiger partial charge in [-0.1, -0.05) is 24.3 Å². The second-order valence-electron chi connectivity index (χ2n) is 7.84. The van der Waals surface area contributed by atoms with E-state index in [4.69, 9.17) is 14.2 Å². The van der Waals surface area contributed by atoms with E-state index < -0.39 is 20.9 Å². The highest BCUT2D eigenvalue weighted by atomic mass is 32.2. The molecule has 0 bridgehead atoms. The predicted octanol–water partition coefficient (Wildman–Crippen LogP) is 3.96. The Morgan fingerprint density at radius 2 is 1.81 bits per heavy atom. The second-order valence-corrected chi connectivity index (χ2v) is 10.5. The number of hydrogen-bond donors (Lipinski definition) is 1. The molecule has 3 rings (SSSR count). The largest absolute Gasteiger partial charge is 0.490 e. The molecule has 0 aliphatic carbocycles. The Hall–Kier alpha value is -3.95. The Morgan fingerprint density at radius 1 is 1.11 bits per heavy atom. The smallest absolute Gasteiger partial charge is 0.268 e. The lowest BCUT2D eigenvalue weighted by Crippen LogP contribution is -2.13. The molecular formula is C25H26N4O6S2. The van der Waals surface area contributed by atoms with E-state index in [-0.39, 0.29) is 17.3 Å². The van der Waals surface area contributed by atoms with Crippen molar-refractivity contribution in [1.29, 1.82) is 5.26 Å². The van der Waals surface area contributed by atoms with Crippen LogP contribution in [0.1, 0.15) is 23.6 Å². The third-order valence-corrected chi connectivity index (χ3v) is 6.49. The number of aryl methyl sites for hydroxylation is 2. The zero-order chi connectivity index (χ0) is 27.0. The number of nitriles is 1. The van der Waals surface area contributed by atoms with Crippen LogP contribution in [0.5, 0.6) is 17.2 Å². The quantitative estimate of drug-likeness (QED) is 0.216. The number of nitrogens with zero attached hydrogens (tertiary/aromatic N) is 3. The normalized spacial score (nSPS) is 11.5. The highest BCUT2D eigenvalue weighted by Crippen LogP contribution is 2.30. The summed E-state index contributed by atoms with van der Waals surface area (Å²) < 4.78 is 44.2. The summed E-state index contributed by atoms with van der Waals surface area (Å²) >= 11 is 0.704. The van der Waals surface area contributed by atoms with Gasteiger partial charge < -0.3 is 14.2 Å². The summed E-state index contributed by atoms with van der Waals surface area (Å²) in [5, 5.41) is 11.5. The molecule has 2 aromatic carbocycles. The van der Waals surface area contributed by atoms with E-state index in [1.165, 1.54) is 6.08 Å². The van der Waals surface area contributed by atoms with Gasteiger partial charge >= 0.3 is 0 Å². The number of amides is 1. The Labute approximate surface area is 219 Å². The average molecular weight is 543 g/mol. The van der Waals surface area contributed by atoms with E-state index in [9.17, 15) is 18.5 Å². The number of benzene rings is 2. The van der Waals surface area contributed by atoms with Gasteiger partial charge in [-0.3, -0.25) is 10.1 Å². The SMILES string of the molecule is CCOc1cc(C=C(C#N)C(=O)Nc2nc(S(C)(=O)=O)ns2)ccc1OCCOc1c(C)cccc1C. The number of para-hydroxylation sites is 1. The molecule has 0 aliphatic rings. The molecule has 0 saturated carbocycles. The predicted molar refractivity (Wildman–Crippen MR) is 140 cm³/mol. The van der Waals surface area contributed by atoms with Crippen LogP contribution in [-0.4, -0.2) is 49.8 Å². The van der Waals surface area contributed by atoms with Gasteiger partial charge in [0.2, 0.25) is 15.0 Å². The first-order valence-electron chi connectivity index (χ1n) is 11.2. The monoisotopic (exact) mass is 542 g/mol. The van der Waals surface area contributed by atoms with Gasteiger partial charge in [0, 0.05) is 17.8 Å². The molecule has 0 fully saturated rings. The van der Waals surface area contributed by atoms with E-state index >= 15 is 0 Å². The van der Waals surface area contributed by atoms with Gasteiger partial charge in [-0.05, 0) is 55.7 Å². The summed E-state index contributed by atoms with van der Waals surface area (Å²) in [5.74, 6) is 1.03. The maximum absolute atomic E-state index is 12.5. The van der Waals surface area contributed by atoms with Gasteiger partial charge in [-0.15, -0.1) is 0 Å². The van der Waals surface area contributed by atoms with Crippen molar-refractivity contribution in [2.75, 3.05) is 31.4 Å². The number of rotatable bonds is 11. The Bertz CT molecular complexity index is 1440. The molecular weight excluding hydrogens is 516 g/mol. The molecule has 1 heterocycles. The van der Waals surface area contributed by atoms with Crippen molar-refractivity contribution >= 4 is 38.5 Å². The van der Waals surface area contributed by atoms with Crippen molar-refractivity contribution in [1.82, 2.24) is 9.36 Å². The van der Waals surface area contributed by atoms with Gasteiger partial charge in [0.1, 0.15) is 30.6 Å². The number of ether oxygens (including phenoxy) is 3. The zero-order valence-corrected chi connectivity index (χ0v) is 22.4. The van der Waals surface area contributed by atoms with E-state index in [1.807, 2.05) is 45.0 Å². The van der Waals surface area contributed by atoms with Crippen LogP contribution in [0.4, 0.5) is 5.13 Å². The van der Waals surface area contributed by atoms with Gasteiger partial charge in [-0.2, -0.15) is 14.6 Å². The Morgan fingerprint density at radius 3 is 2.43 bits per heavy atom. The third kappa shape index (κ3) is 7.52. The van der Waals surface area contributed by atoms with Crippen LogP contribution in [0.15, 0.2) is 47.1 Å². The Kier molecular flexibility index (Phi) is 9.21. The van der Waals surface area contributed by atoms with E-state index in [0.717, 1.165) is 23.1 Å². The van der Waals surface area contributed by atoms with Gasteiger partial charge in [0.05, 0.1) is 6.61 Å². The number of hydrogen-bond acceptors (Lipinski definition) is 10. The minimum atomic E-state index is -3.61. The molecule has 0 unspecified atom stereocenters. The van der Waals surface area contributed by atoms with Gasteiger partial charge in [-0.25, -0.2) is 8.42 Å². The van der Waals surface area contributed by atoms with Crippen LogP contribution >= 0.6 is 11.5 Å². The summed E-state index contributed by atoms with van der Waals surface area (Å²) in [4.78, 5) is 16.3. The molecule has 1 N–H and O–H groups in total. The molecule has 0 spiro atoms. The van der Waals surface area contributed by atoms with Crippen LogP contribution in [-0.2, 0) is 14.6 Å². The first-order valence-corrected chi connectivity index (χ1v) is 13.8. The zero-order valence-electron chi connectivity index (χ0n) is 20.8. The molecule has 37 heavy (non-hydrogen) atoms. The standard InChI is InChI=1S/C25H26N4O6S2/c1-5-33-21-14-18(9-10-20(21)34-11-12-35-22-16(2)7-6-8-17(22)3)13-19(15-26)23(30)27-24-28-25(29-36-24)37(4,31)32/h6-10,13-14H,5,11-12H2,1-4H3,(H,27,28,29,30).